The highest BCUT2D eigenvalue weighted by atomic mass is 32.2. The first-order chi connectivity index (χ1) is 15.6. The lowest BCUT2D eigenvalue weighted by Gasteiger charge is -2.08. The maximum absolute atomic E-state index is 12.9. The fourth-order valence-electron chi connectivity index (χ4n) is 3.31. The fourth-order valence-corrected chi connectivity index (χ4v) is 3.84. The van der Waals surface area contributed by atoms with E-state index >= 15 is 0 Å². The van der Waals surface area contributed by atoms with Crippen molar-refractivity contribution >= 4 is 34.6 Å². The second-order valence-electron chi connectivity index (χ2n) is 7.02. The number of rotatable bonds is 8. The van der Waals surface area contributed by atoms with Gasteiger partial charge in [-0.3, -0.25) is 9.59 Å². The highest BCUT2D eigenvalue weighted by molar-refractivity contribution is 7.97. The first-order valence-corrected chi connectivity index (χ1v) is 11.5. The third-order valence-electron chi connectivity index (χ3n) is 4.83. The lowest BCUT2D eigenvalue weighted by molar-refractivity contribution is 0.0940. The van der Waals surface area contributed by atoms with E-state index in [0.29, 0.717) is 29.4 Å². The number of hydrogen-bond acceptors (Lipinski definition) is 6. The van der Waals surface area contributed by atoms with Crippen LogP contribution in [-0.2, 0) is 12.3 Å². The van der Waals surface area contributed by atoms with Crippen LogP contribution in [0.25, 0.3) is 16.7 Å². The van der Waals surface area contributed by atoms with E-state index in [9.17, 15) is 9.59 Å². The van der Waals surface area contributed by atoms with E-state index in [1.54, 1.807) is 40.7 Å². The number of imidazole rings is 1. The van der Waals surface area contributed by atoms with Crippen LogP contribution in [0.5, 0.6) is 0 Å². The van der Waals surface area contributed by atoms with Crippen molar-refractivity contribution in [2.45, 2.75) is 19.2 Å². The molecule has 0 atom stereocenters. The van der Waals surface area contributed by atoms with E-state index < -0.39 is 0 Å². The van der Waals surface area contributed by atoms with Gasteiger partial charge >= 0.3 is 0 Å². The summed E-state index contributed by atoms with van der Waals surface area (Å²) in [5.41, 5.74) is 4.01. The van der Waals surface area contributed by atoms with Crippen LogP contribution < -0.4 is 10.6 Å². The SMILES string of the molecule is CCNC(=O)c1ccc(-n2nnc(C(=O)NCc3nc4ccccc4[nH]3)c2CSC)cc1. The maximum Gasteiger partial charge on any atom is 0.274 e. The Balaban J connectivity index is 1.53. The van der Waals surface area contributed by atoms with Crippen LogP contribution in [0.3, 0.4) is 0 Å². The summed E-state index contributed by atoms with van der Waals surface area (Å²) in [5, 5.41) is 14.0. The number of aromatic nitrogens is 5. The Hall–Kier alpha value is -3.66. The van der Waals surface area contributed by atoms with Crippen molar-refractivity contribution in [2.24, 2.45) is 0 Å². The standard InChI is InChI=1S/C22H23N7O2S/c1-3-23-21(30)14-8-10-15(11-9-14)29-18(13-32-2)20(27-28-29)22(31)24-12-19-25-16-6-4-5-7-17(16)26-19/h4-11H,3,12-13H2,1-2H3,(H,23,30)(H,24,31)(H,25,26). The number of fused-ring (bicyclic) bond motifs is 1. The summed E-state index contributed by atoms with van der Waals surface area (Å²) in [6, 6.07) is 14.7. The lowest BCUT2D eigenvalue weighted by Crippen LogP contribution is -2.25. The number of aromatic amines is 1. The highest BCUT2D eigenvalue weighted by Crippen LogP contribution is 2.19. The summed E-state index contributed by atoms with van der Waals surface area (Å²) < 4.78 is 1.63. The van der Waals surface area contributed by atoms with E-state index in [2.05, 4.69) is 30.9 Å². The molecular formula is C22H23N7O2S. The molecule has 4 rings (SSSR count). The van der Waals surface area contributed by atoms with Gasteiger partial charge in [0.05, 0.1) is 29.0 Å². The molecule has 0 aliphatic carbocycles. The van der Waals surface area contributed by atoms with Gasteiger partial charge in [-0.25, -0.2) is 9.67 Å². The first-order valence-electron chi connectivity index (χ1n) is 10.1. The van der Waals surface area contributed by atoms with Gasteiger partial charge < -0.3 is 15.6 Å². The summed E-state index contributed by atoms with van der Waals surface area (Å²) in [6.07, 6.45) is 1.95. The molecule has 10 heteroatoms. The molecule has 0 saturated heterocycles. The van der Waals surface area contributed by atoms with Crippen molar-refractivity contribution in [1.82, 2.24) is 35.6 Å². The molecule has 164 valence electrons. The van der Waals surface area contributed by atoms with Gasteiger partial charge in [0.25, 0.3) is 11.8 Å². The number of nitrogens with zero attached hydrogens (tertiary/aromatic N) is 4. The Morgan fingerprint density at radius 3 is 2.56 bits per heavy atom. The van der Waals surface area contributed by atoms with Crippen LogP contribution in [0.2, 0.25) is 0 Å². The molecule has 2 heterocycles. The molecule has 0 unspecified atom stereocenters. The van der Waals surface area contributed by atoms with Crippen molar-refractivity contribution in [2.75, 3.05) is 12.8 Å². The summed E-state index contributed by atoms with van der Waals surface area (Å²) in [4.78, 5) is 32.5. The number of benzene rings is 2. The van der Waals surface area contributed by atoms with E-state index in [1.165, 1.54) is 0 Å². The number of carbonyl (C=O) groups excluding carboxylic acids is 2. The normalized spacial score (nSPS) is 10.9. The number of amides is 2. The molecule has 2 amide bonds. The molecule has 2 aromatic heterocycles. The zero-order chi connectivity index (χ0) is 22.5. The van der Waals surface area contributed by atoms with Crippen molar-refractivity contribution < 1.29 is 9.59 Å². The van der Waals surface area contributed by atoms with Crippen LogP contribution in [0.1, 0.15) is 39.3 Å². The van der Waals surface area contributed by atoms with E-state index in [1.807, 2.05) is 37.4 Å². The Morgan fingerprint density at radius 1 is 1.06 bits per heavy atom. The third-order valence-corrected chi connectivity index (χ3v) is 5.39. The molecule has 0 radical (unpaired) electrons. The lowest BCUT2D eigenvalue weighted by atomic mass is 10.2. The van der Waals surface area contributed by atoms with Crippen LogP contribution in [0, 0.1) is 0 Å². The van der Waals surface area contributed by atoms with Gasteiger partial charge in [0.1, 0.15) is 5.82 Å². The summed E-state index contributed by atoms with van der Waals surface area (Å²) in [5.74, 6) is 0.769. The number of nitrogens with one attached hydrogen (secondary N) is 3. The predicted octanol–water partition coefficient (Wildman–Crippen LogP) is 2.69. The molecule has 4 aromatic rings. The second kappa shape index (κ2) is 9.65. The topological polar surface area (TPSA) is 118 Å². The van der Waals surface area contributed by atoms with Crippen LogP contribution >= 0.6 is 11.8 Å². The minimum atomic E-state index is -0.320. The van der Waals surface area contributed by atoms with E-state index in [0.717, 1.165) is 16.7 Å². The maximum atomic E-state index is 12.9. The number of H-pyrrole nitrogens is 1. The largest absolute Gasteiger partial charge is 0.352 e. The first kappa shape index (κ1) is 21.6. The Morgan fingerprint density at radius 2 is 1.84 bits per heavy atom. The van der Waals surface area contributed by atoms with E-state index in [-0.39, 0.29) is 24.1 Å². The summed E-state index contributed by atoms with van der Waals surface area (Å²) in [6.45, 7) is 2.69. The third kappa shape index (κ3) is 4.50. The van der Waals surface area contributed by atoms with Gasteiger partial charge in [-0.15, -0.1) is 5.10 Å². The molecule has 2 aromatic carbocycles. The smallest absolute Gasteiger partial charge is 0.274 e. The predicted molar refractivity (Wildman–Crippen MR) is 124 cm³/mol. The van der Waals surface area contributed by atoms with Crippen molar-refractivity contribution in [3.05, 3.63) is 71.3 Å². The molecule has 0 bridgehead atoms. The van der Waals surface area contributed by atoms with Crippen molar-refractivity contribution in [1.29, 1.82) is 0 Å². The number of thioether (sulfide) groups is 1. The average molecular weight is 450 g/mol. The van der Waals surface area contributed by atoms with Crippen LogP contribution in [0.4, 0.5) is 0 Å². The zero-order valence-electron chi connectivity index (χ0n) is 17.8. The average Bonchev–Trinajstić information content (AvgIpc) is 3.42. The molecule has 9 nitrogen and oxygen atoms in total. The van der Waals surface area contributed by atoms with Crippen molar-refractivity contribution in [3.63, 3.8) is 0 Å². The highest BCUT2D eigenvalue weighted by Gasteiger charge is 2.20. The van der Waals surface area contributed by atoms with Gasteiger partial charge in [0.15, 0.2) is 5.69 Å². The minimum absolute atomic E-state index is 0.132. The van der Waals surface area contributed by atoms with Gasteiger partial charge in [0, 0.05) is 17.9 Å². The fraction of sp³-hybridized carbons (Fsp3) is 0.227. The van der Waals surface area contributed by atoms with Gasteiger partial charge in [-0.05, 0) is 49.6 Å². The van der Waals surface area contributed by atoms with Crippen LogP contribution in [-0.4, -0.2) is 49.6 Å². The van der Waals surface area contributed by atoms with Crippen LogP contribution in [0.15, 0.2) is 48.5 Å². The van der Waals surface area contributed by atoms with Gasteiger partial charge in [-0.2, -0.15) is 11.8 Å². The number of para-hydroxylation sites is 2. The molecule has 3 N–H and O–H groups in total. The number of hydrogen-bond donors (Lipinski definition) is 3. The molecule has 0 aliphatic rings. The summed E-state index contributed by atoms with van der Waals surface area (Å²) in [7, 11) is 0. The number of carbonyl (C=O) groups is 2. The van der Waals surface area contributed by atoms with E-state index in [4.69, 9.17) is 0 Å². The quantitative estimate of drug-likeness (QED) is 0.381. The minimum Gasteiger partial charge on any atom is -0.352 e. The molecule has 0 fully saturated rings. The summed E-state index contributed by atoms with van der Waals surface area (Å²) >= 11 is 1.57. The molecular weight excluding hydrogens is 426 g/mol. The molecule has 0 aliphatic heterocycles. The second-order valence-corrected chi connectivity index (χ2v) is 7.89. The Labute approximate surface area is 189 Å². The van der Waals surface area contributed by atoms with Gasteiger partial charge in [0.2, 0.25) is 0 Å². The molecule has 0 spiro atoms. The molecule has 32 heavy (non-hydrogen) atoms. The zero-order valence-corrected chi connectivity index (χ0v) is 18.6. The molecule has 0 saturated carbocycles. The van der Waals surface area contributed by atoms with Gasteiger partial charge in [-0.1, -0.05) is 17.3 Å². The monoisotopic (exact) mass is 449 g/mol. The Bertz CT molecular complexity index is 1210. The van der Waals surface area contributed by atoms with Crippen molar-refractivity contribution in [3.8, 4) is 5.69 Å². The Kier molecular flexibility index (Phi) is 6.50.